The molecule has 0 spiro atoms. The molecule has 0 fully saturated rings. The number of azo groups is 1. The quantitative estimate of drug-likeness (QED) is 0.305. The van der Waals surface area contributed by atoms with Crippen LogP contribution in [0.2, 0.25) is 0 Å². The van der Waals surface area contributed by atoms with Crippen LogP contribution in [0.4, 0.5) is 17.1 Å². The number of unbranched alkanes of at least 4 members (excludes halogenated alkanes) is 1. The zero-order valence-electron chi connectivity index (χ0n) is 12.3. The van der Waals surface area contributed by atoms with E-state index < -0.39 is 4.92 Å². The van der Waals surface area contributed by atoms with E-state index in [1.54, 1.807) is 12.1 Å². The Morgan fingerprint density at radius 3 is 2.05 bits per heavy atom. The average Bonchev–Trinajstić information content (AvgIpc) is 2.55. The van der Waals surface area contributed by atoms with E-state index in [2.05, 4.69) is 17.2 Å². The molecule has 0 aliphatic heterocycles. The first-order chi connectivity index (χ1) is 10.7. The molecular formula is C16H17N3O3. The van der Waals surface area contributed by atoms with Gasteiger partial charge in [0.25, 0.3) is 5.69 Å². The summed E-state index contributed by atoms with van der Waals surface area (Å²) in [5.41, 5.74) is 1.29. The van der Waals surface area contributed by atoms with Gasteiger partial charge in [-0.15, -0.1) is 0 Å². The second-order valence-corrected chi connectivity index (χ2v) is 4.67. The van der Waals surface area contributed by atoms with Crippen molar-refractivity contribution in [1.29, 1.82) is 0 Å². The van der Waals surface area contributed by atoms with Crippen LogP contribution in [0.15, 0.2) is 58.8 Å². The van der Waals surface area contributed by atoms with Gasteiger partial charge in [0.1, 0.15) is 5.75 Å². The number of nitrogens with zero attached hydrogens (tertiary/aromatic N) is 3. The Balaban J connectivity index is 1.96. The lowest BCUT2D eigenvalue weighted by Gasteiger charge is -2.04. The minimum absolute atomic E-state index is 0.0348. The molecule has 2 rings (SSSR count). The number of hydrogen-bond acceptors (Lipinski definition) is 5. The van der Waals surface area contributed by atoms with Crippen molar-refractivity contribution < 1.29 is 9.66 Å². The number of ether oxygens (including phenoxy) is 1. The van der Waals surface area contributed by atoms with Crippen LogP contribution in [-0.4, -0.2) is 11.5 Å². The van der Waals surface area contributed by atoms with Crippen LogP contribution in [0.3, 0.4) is 0 Å². The molecule has 6 nitrogen and oxygen atoms in total. The van der Waals surface area contributed by atoms with Gasteiger partial charge < -0.3 is 4.74 Å². The van der Waals surface area contributed by atoms with E-state index in [-0.39, 0.29) is 5.69 Å². The first-order valence-electron chi connectivity index (χ1n) is 7.08. The number of benzene rings is 2. The van der Waals surface area contributed by atoms with E-state index in [0.29, 0.717) is 18.0 Å². The summed E-state index contributed by atoms with van der Waals surface area (Å²) in [5.74, 6) is 0.808. The second-order valence-electron chi connectivity index (χ2n) is 4.67. The highest BCUT2D eigenvalue weighted by atomic mass is 16.6. The minimum atomic E-state index is -0.446. The Bertz CT molecular complexity index is 637. The fraction of sp³-hybridized carbons (Fsp3) is 0.250. The molecule has 0 atom stereocenters. The number of non-ortho nitro benzene ring substituents is 1. The van der Waals surface area contributed by atoms with E-state index in [0.717, 1.165) is 18.6 Å². The molecular weight excluding hydrogens is 282 g/mol. The Hall–Kier alpha value is -2.76. The SMILES string of the molecule is CCCCOc1ccc(N=Nc2ccc([N+](=O)[O-])cc2)cc1. The van der Waals surface area contributed by atoms with Gasteiger partial charge in [-0.3, -0.25) is 10.1 Å². The van der Waals surface area contributed by atoms with Crippen LogP contribution in [0.1, 0.15) is 19.8 Å². The second kappa shape index (κ2) is 7.87. The summed E-state index contributed by atoms with van der Waals surface area (Å²) in [6, 6.07) is 13.2. The van der Waals surface area contributed by atoms with Crippen LogP contribution in [0.25, 0.3) is 0 Å². The van der Waals surface area contributed by atoms with E-state index in [1.807, 2.05) is 24.3 Å². The maximum Gasteiger partial charge on any atom is 0.269 e. The summed E-state index contributed by atoms with van der Waals surface area (Å²) in [6.07, 6.45) is 2.13. The first kappa shape index (κ1) is 15.6. The van der Waals surface area contributed by atoms with Crippen LogP contribution >= 0.6 is 0 Å². The predicted molar refractivity (Wildman–Crippen MR) is 84.1 cm³/mol. The highest BCUT2D eigenvalue weighted by Gasteiger charge is 2.03. The zero-order valence-corrected chi connectivity index (χ0v) is 12.3. The summed E-state index contributed by atoms with van der Waals surface area (Å²) in [7, 11) is 0. The molecule has 0 aliphatic carbocycles. The molecule has 2 aromatic carbocycles. The maximum absolute atomic E-state index is 10.6. The molecule has 114 valence electrons. The van der Waals surface area contributed by atoms with E-state index in [9.17, 15) is 10.1 Å². The fourth-order valence-corrected chi connectivity index (χ4v) is 1.70. The van der Waals surface area contributed by atoms with Crippen LogP contribution in [0, 0.1) is 10.1 Å². The molecule has 0 aliphatic rings. The van der Waals surface area contributed by atoms with Crippen molar-refractivity contribution in [3.05, 3.63) is 58.6 Å². The van der Waals surface area contributed by atoms with Crippen LogP contribution in [-0.2, 0) is 0 Å². The number of nitro groups is 1. The molecule has 0 N–H and O–H groups in total. The van der Waals surface area contributed by atoms with Gasteiger partial charge in [0.05, 0.1) is 22.9 Å². The molecule has 0 aromatic heterocycles. The lowest BCUT2D eigenvalue weighted by molar-refractivity contribution is -0.384. The van der Waals surface area contributed by atoms with Crippen molar-refractivity contribution in [2.75, 3.05) is 6.61 Å². The Morgan fingerprint density at radius 2 is 1.55 bits per heavy atom. The maximum atomic E-state index is 10.6. The molecule has 0 bridgehead atoms. The van der Waals surface area contributed by atoms with Gasteiger partial charge in [-0.05, 0) is 42.8 Å². The summed E-state index contributed by atoms with van der Waals surface area (Å²) in [6.45, 7) is 2.82. The average molecular weight is 299 g/mol. The highest BCUT2D eigenvalue weighted by Crippen LogP contribution is 2.23. The van der Waals surface area contributed by atoms with Crippen molar-refractivity contribution >= 4 is 17.1 Å². The molecule has 0 heterocycles. The summed E-state index contributed by atoms with van der Waals surface area (Å²) in [4.78, 5) is 10.1. The Kier molecular flexibility index (Phi) is 5.59. The van der Waals surface area contributed by atoms with Crippen molar-refractivity contribution in [2.45, 2.75) is 19.8 Å². The van der Waals surface area contributed by atoms with Crippen LogP contribution in [0.5, 0.6) is 5.75 Å². The fourth-order valence-electron chi connectivity index (χ4n) is 1.70. The number of rotatable bonds is 7. The van der Waals surface area contributed by atoms with Crippen molar-refractivity contribution in [1.82, 2.24) is 0 Å². The van der Waals surface area contributed by atoms with Crippen LogP contribution < -0.4 is 4.74 Å². The molecule has 0 amide bonds. The van der Waals surface area contributed by atoms with Gasteiger partial charge in [0.2, 0.25) is 0 Å². The third-order valence-corrected chi connectivity index (χ3v) is 2.94. The van der Waals surface area contributed by atoms with Gasteiger partial charge >= 0.3 is 0 Å². The largest absolute Gasteiger partial charge is 0.494 e. The molecule has 0 radical (unpaired) electrons. The molecule has 6 heteroatoms. The van der Waals surface area contributed by atoms with E-state index in [1.165, 1.54) is 12.1 Å². The lowest BCUT2D eigenvalue weighted by Crippen LogP contribution is -1.95. The summed E-state index contributed by atoms with van der Waals surface area (Å²) >= 11 is 0. The molecule has 22 heavy (non-hydrogen) atoms. The lowest BCUT2D eigenvalue weighted by atomic mass is 10.3. The summed E-state index contributed by atoms with van der Waals surface area (Å²) in [5, 5.41) is 18.7. The predicted octanol–water partition coefficient (Wildman–Crippen LogP) is 5.19. The molecule has 0 saturated heterocycles. The monoisotopic (exact) mass is 299 g/mol. The van der Waals surface area contributed by atoms with E-state index >= 15 is 0 Å². The highest BCUT2D eigenvalue weighted by molar-refractivity contribution is 5.45. The molecule has 0 unspecified atom stereocenters. The Morgan fingerprint density at radius 1 is 1.00 bits per heavy atom. The third-order valence-electron chi connectivity index (χ3n) is 2.94. The summed E-state index contributed by atoms with van der Waals surface area (Å²) < 4.78 is 5.56. The van der Waals surface area contributed by atoms with Crippen molar-refractivity contribution in [3.63, 3.8) is 0 Å². The first-order valence-corrected chi connectivity index (χ1v) is 7.08. The van der Waals surface area contributed by atoms with Crippen molar-refractivity contribution in [2.24, 2.45) is 10.2 Å². The van der Waals surface area contributed by atoms with Gasteiger partial charge in [-0.2, -0.15) is 10.2 Å². The van der Waals surface area contributed by atoms with Crippen molar-refractivity contribution in [3.8, 4) is 5.75 Å². The Labute approximate surface area is 128 Å². The number of hydrogen-bond donors (Lipinski definition) is 0. The zero-order chi connectivity index (χ0) is 15.8. The number of nitro benzene ring substituents is 1. The molecule has 2 aromatic rings. The van der Waals surface area contributed by atoms with E-state index in [4.69, 9.17) is 4.74 Å². The van der Waals surface area contributed by atoms with Gasteiger partial charge in [-0.25, -0.2) is 0 Å². The van der Waals surface area contributed by atoms with Gasteiger partial charge in [0, 0.05) is 12.1 Å². The standard InChI is InChI=1S/C16H17N3O3/c1-2-3-12-22-16-10-6-14(7-11-16)18-17-13-4-8-15(9-5-13)19(20)21/h4-11H,2-3,12H2,1H3. The van der Waals surface area contributed by atoms with Gasteiger partial charge in [0.15, 0.2) is 0 Å². The minimum Gasteiger partial charge on any atom is -0.494 e. The third kappa shape index (κ3) is 4.66. The smallest absolute Gasteiger partial charge is 0.269 e. The van der Waals surface area contributed by atoms with Gasteiger partial charge in [-0.1, -0.05) is 13.3 Å². The normalized spacial score (nSPS) is 10.8. The molecule has 0 saturated carbocycles. The topological polar surface area (TPSA) is 77.1 Å².